The van der Waals surface area contributed by atoms with Gasteiger partial charge in [0.1, 0.15) is 17.1 Å². The monoisotopic (exact) mass is 277 g/mol. The van der Waals surface area contributed by atoms with Crippen LogP contribution in [0, 0.1) is 0 Å². The second-order valence-electron chi connectivity index (χ2n) is 5.85. The highest BCUT2D eigenvalue weighted by Gasteiger charge is 2.35. The Labute approximate surface area is 122 Å². The van der Waals surface area contributed by atoms with E-state index in [1.165, 1.54) is 5.56 Å². The quantitative estimate of drug-likeness (QED) is 0.795. The summed E-state index contributed by atoms with van der Waals surface area (Å²) in [7, 11) is 2.02. The molecule has 112 valence electrons. The third-order valence-corrected chi connectivity index (χ3v) is 4.22. The lowest BCUT2D eigenvalue weighted by molar-refractivity contribution is 0.0451. The zero-order valence-corrected chi connectivity index (χ0v) is 13.2. The van der Waals surface area contributed by atoms with Crippen LogP contribution in [-0.4, -0.2) is 19.3 Å². The summed E-state index contributed by atoms with van der Waals surface area (Å²) in [5, 5.41) is 3.40. The fraction of sp³-hybridized carbons (Fsp3) is 0.647. The summed E-state index contributed by atoms with van der Waals surface area (Å²) in [6, 6.07) is 6.58. The van der Waals surface area contributed by atoms with E-state index in [4.69, 9.17) is 9.47 Å². The lowest BCUT2D eigenvalue weighted by Gasteiger charge is -2.39. The third-order valence-electron chi connectivity index (χ3n) is 4.22. The van der Waals surface area contributed by atoms with Gasteiger partial charge in [0.2, 0.25) is 0 Å². The van der Waals surface area contributed by atoms with Crippen LogP contribution in [0.2, 0.25) is 0 Å². The first-order valence-electron chi connectivity index (χ1n) is 7.75. The van der Waals surface area contributed by atoms with Crippen LogP contribution >= 0.6 is 0 Å². The fourth-order valence-electron chi connectivity index (χ4n) is 2.64. The highest BCUT2D eigenvalue weighted by atomic mass is 16.5. The van der Waals surface area contributed by atoms with Crippen LogP contribution in [0.5, 0.6) is 11.5 Å². The van der Waals surface area contributed by atoms with Gasteiger partial charge in [0.25, 0.3) is 0 Å². The average molecular weight is 277 g/mol. The molecule has 0 amide bonds. The predicted molar refractivity (Wildman–Crippen MR) is 82.6 cm³/mol. The zero-order chi connectivity index (χ0) is 14.6. The first-order valence-corrected chi connectivity index (χ1v) is 7.75. The van der Waals surface area contributed by atoms with Crippen LogP contribution in [0.25, 0.3) is 0 Å². The molecule has 1 aromatic rings. The molecule has 0 aliphatic carbocycles. The van der Waals surface area contributed by atoms with Crippen LogP contribution < -0.4 is 14.8 Å². The van der Waals surface area contributed by atoms with Crippen molar-refractivity contribution in [3.05, 3.63) is 23.8 Å². The van der Waals surface area contributed by atoms with Gasteiger partial charge < -0.3 is 14.8 Å². The van der Waals surface area contributed by atoms with Gasteiger partial charge in [-0.1, -0.05) is 26.3 Å². The minimum Gasteiger partial charge on any atom is -0.493 e. The van der Waals surface area contributed by atoms with Crippen molar-refractivity contribution >= 4 is 0 Å². The van der Waals surface area contributed by atoms with Crippen molar-refractivity contribution in [1.29, 1.82) is 0 Å². The van der Waals surface area contributed by atoms with Gasteiger partial charge in [-0.3, -0.25) is 0 Å². The number of unbranched alkanes of at least 4 members (excludes halogenated alkanes) is 1. The number of rotatable bonds is 6. The van der Waals surface area contributed by atoms with Gasteiger partial charge in [-0.2, -0.15) is 0 Å². The van der Waals surface area contributed by atoms with Crippen LogP contribution in [0.15, 0.2) is 18.2 Å². The molecule has 3 nitrogen and oxygen atoms in total. The van der Waals surface area contributed by atoms with Gasteiger partial charge in [-0.15, -0.1) is 0 Å². The van der Waals surface area contributed by atoms with Gasteiger partial charge in [-0.25, -0.2) is 0 Å². The maximum absolute atomic E-state index is 6.23. The summed E-state index contributed by atoms with van der Waals surface area (Å²) in [5.74, 6) is 1.88. The van der Waals surface area contributed by atoms with E-state index in [-0.39, 0.29) is 5.60 Å². The van der Waals surface area contributed by atoms with Crippen LogP contribution in [0.4, 0.5) is 0 Å². The molecule has 0 fully saturated rings. The molecular formula is C17H27NO2. The molecule has 1 N–H and O–H groups in total. The molecule has 0 radical (unpaired) electrons. The molecule has 0 saturated carbocycles. The first-order chi connectivity index (χ1) is 9.61. The first kappa shape index (κ1) is 15.2. The minimum absolute atomic E-state index is 0.0945. The molecule has 2 unspecified atom stereocenters. The molecule has 1 aliphatic rings. The number of hydrogen-bond acceptors (Lipinski definition) is 3. The molecule has 0 bridgehead atoms. The summed E-state index contributed by atoms with van der Waals surface area (Å²) < 4.78 is 12.0. The molecular weight excluding hydrogens is 250 g/mol. The molecule has 2 atom stereocenters. The van der Waals surface area contributed by atoms with Crippen molar-refractivity contribution in [1.82, 2.24) is 5.32 Å². The van der Waals surface area contributed by atoms with Gasteiger partial charge in [0.15, 0.2) is 0 Å². The smallest absolute Gasteiger partial charge is 0.128 e. The molecule has 1 aliphatic heterocycles. The van der Waals surface area contributed by atoms with E-state index >= 15 is 0 Å². The van der Waals surface area contributed by atoms with Crippen LogP contribution in [-0.2, 0) is 0 Å². The number of benzene rings is 1. The Balaban J connectivity index is 2.20. The summed E-state index contributed by atoms with van der Waals surface area (Å²) in [5.41, 5.74) is 1.14. The Morgan fingerprint density at radius 3 is 2.85 bits per heavy atom. The van der Waals surface area contributed by atoms with E-state index in [1.54, 1.807) is 0 Å². The molecule has 1 heterocycles. The number of ether oxygens (including phenoxy) is 2. The topological polar surface area (TPSA) is 30.5 Å². The van der Waals surface area contributed by atoms with E-state index in [2.05, 4.69) is 38.2 Å². The van der Waals surface area contributed by atoms with Gasteiger partial charge in [0, 0.05) is 24.1 Å². The van der Waals surface area contributed by atoms with Crippen molar-refractivity contribution in [2.75, 3.05) is 13.7 Å². The largest absolute Gasteiger partial charge is 0.493 e. The Bertz CT molecular complexity index is 447. The van der Waals surface area contributed by atoms with Gasteiger partial charge in [-0.05, 0) is 32.9 Å². The summed E-state index contributed by atoms with van der Waals surface area (Å²) in [6.45, 7) is 7.31. The number of hydrogen-bond donors (Lipinski definition) is 1. The molecule has 0 spiro atoms. The second-order valence-corrected chi connectivity index (χ2v) is 5.85. The van der Waals surface area contributed by atoms with E-state index in [9.17, 15) is 0 Å². The second kappa shape index (κ2) is 6.49. The van der Waals surface area contributed by atoms with Crippen LogP contribution in [0.1, 0.15) is 58.1 Å². The van der Waals surface area contributed by atoms with E-state index in [1.807, 2.05) is 13.1 Å². The maximum atomic E-state index is 6.23. The van der Waals surface area contributed by atoms with E-state index < -0.39 is 0 Å². The zero-order valence-electron chi connectivity index (χ0n) is 13.2. The SMILES string of the molecule is CCCCOc1ccc2c(c1)OC(C)(CC)CC2NC. The summed E-state index contributed by atoms with van der Waals surface area (Å²) in [4.78, 5) is 0. The highest BCUT2D eigenvalue weighted by Crippen LogP contribution is 2.42. The average Bonchev–Trinajstić information content (AvgIpc) is 2.46. The minimum atomic E-state index is -0.0945. The van der Waals surface area contributed by atoms with Crippen molar-refractivity contribution < 1.29 is 9.47 Å². The van der Waals surface area contributed by atoms with Crippen molar-refractivity contribution in [2.45, 2.75) is 58.1 Å². The standard InChI is InChI=1S/C17H27NO2/c1-5-7-10-19-13-8-9-14-15(18-4)12-17(3,6-2)20-16(14)11-13/h8-9,11,15,18H,5-7,10,12H2,1-4H3. The van der Waals surface area contributed by atoms with E-state index in [0.717, 1.165) is 43.8 Å². The Morgan fingerprint density at radius 2 is 2.20 bits per heavy atom. The number of fused-ring (bicyclic) bond motifs is 1. The van der Waals surface area contributed by atoms with Crippen molar-refractivity contribution in [3.63, 3.8) is 0 Å². The molecule has 20 heavy (non-hydrogen) atoms. The lowest BCUT2D eigenvalue weighted by Crippen LogP contribution is -2.40. The Hall–Kier alpha value is -1.22. The molecule has 0 aromatic heterocycles. The maximum Gasteiger partial charge on any atom is 0.128 e. The molecule has 2 rings (SSSR count). The van der Waals surface area contributed by atoms with E-state index in [0.29, 0.717) is 6.04 Å². The van der Waals surface area contributed by atoms with Crippen molar-refractivity contribution in [2.24, 2.45) is 0 Å². The predicted octanol–water partition coefficient (Wildman–Crippen LogP) is 4.08. The lowest BCUT2D eigenvalue weighted by atomic mass is 9.87. The third kappa shape index (κ3) is 3.26. The molecule has 3 heteroatoms. The Kier molecular flexibility index (Phi) is 4.92. The summed E-state index contributed by atoms with van der Waals surface area (Å²) in [6.07, 6.45) is 4.25. The Morgan fingerprint density at radius 1 is 1.40 bits per heavy atom. The molecule has 0 saturated heterocycles. The fourth-order valence-corrected chi connectivity index (χ4v) is 2.64. The van der Waals surface area contributed by atoms with Crippen LogP contribution in [0.3, 0.4) is 0 Å². The number of nitrogens with one attached hydrogen (secondary N) is 1. The van der Waals surface area contributed by atoms with Gasteiger partial charge >= 0.3 is 0 Å². The highest BCUT2D eigenvalue weighted by molar-refractivity contribution is 5.44. The van der Waals surface area contributed by atoms with Gasteiger partial charge in [0.05, 0.1) is 6.61 Å². The summed E-state index contributed by atoms with van der Waals surface area (Å²) >= 11 is 0. The molecule has 1 aromatic carbocycles. The van der Waals surface area contributed by atoms with Crippen molar-refractivity contribution in [3.8, 4) is 11.5 Å². The normalized spacial score (nSPS) is 24.9.